The molecular formula is C11H22N2O2S2. The van der Waals surface area contributed by atoms with Gasteiger partial charge in [-0.05, 0) is 19.3 Å². The number of hydrogen-bond donors (Lipinski definition) is 1. The van der Waals surface area contributed by atoms with E-state index in [0.29, 0.717) is 6.04 Å². The molecule has 3 atom stereocenters. The molecule has 0 aromatic carbocycles. The summed E-state index contributed by atoms with van der Waals surface area (Å²) in [6.45, 7) is 2.64. The molecule has 100 valence electrons. The second-order valence-corrected chi connectivity index (χ2v) is 8.54. The molecule has 1 aliphatic heterocycles. The summed E-state index contributed by atoms with van der Waals surface area (Å²) in [6.07, 6.45) is 3.05. The third kappa shape index (κ3) is 2.97. The summed E-state index contributed by atoms with van der Waals surface area (Å²) in [5.74, 6) is 2.01. The Labute approximate surface area is 108 Å². The van der Waals surface area contributed by atoms with Crippen molar-refractivity contribution in [2.75, 3.05) is 23.8 Å². The average Bonchev–Trinajstić information content (AvgIpc) is 2.76. The molecular weight excluding hydrogens is 256 g/mol. The number of nitrogens with two attached hydrogens (primary N) is 1. The van der Waals surface area contributed by atoms with Crippen LogP contribution in [-0.4, -0.2) is 54.6 Å². The highest BCUT2D eigenvalue weighted by Crippen LogP contribution is 2.30. The molecule has 0 aromatic heterocycles. The average molecular weight is 278 g/mol. The Bertz CT molecular complexity index is 358. The standard InChI is InChI=1S/C11H22N2O2S2/c1-2-17(14,15)11-8-16-6-5-13(11)10-4-3-9(12)7-10/h9-11H,2-8,12H2,1H3. The minimum Gasteiger partial charge on any atom is -0.328 e. The van der Waals surface area contributed by atoms with Crippen molar-refractivity contribution in [1.29, 1.82) is 0 Å². The first-order valence-electron chi connectivity index (χ1n) is 6.35. The summed E-state index contributed by atoms with van der Waals surface area (Å²) in [6, 6.07) is 0.650. The molecule has 1 saturated carbocycles. The topological polar surface area (TPSA) is 63.4 Å². The van der Waals surface area contributed by atoms with Crippen LogP contribution in [0, 0.1) is 0 Å². The van der Waals surface area contributed by atoms with Gasteiger partial charge < -0.3 is 5.73 Å². The Morgan fingerprint density at radius 2 is 2.18 bits per heavy atom. The van der Waals surface area contributed by atoms with E-state index >= 15 is 0 Å². The maximum Gasteiger partial charge on any atom is 0.166 e. The van der Waals surface area contributed by atoms with Crippen molar-refractivity contribution in [3.63, 3.8) is 0 Å². The van der Waals surface area contributed by atoms with Gasteiger partial charge >= 0.3 is 0 Å². The fourth-order valence-corrected chi connectivity index (χ4v) is 5.90. The van der Waals surface area contributed by atoms with Gasteiger partial charge in [0.1, 0.15) is 5.37 Å². The lowest BCUT2D eigenvalue weighted by molar-refractivity contribution is 0.193. The molecule has 3 unspecified atom stereocenters. The molecule has 2 aliphatic rings. The molecule has 4 nitrogen and oxygen atoms in total. The highest BCUT2D eigenvalue weighted by atomic mass is 32.2. The lowest BCUT2D eigenvalue weighted by Gasteiger charge is -2.38. The van der Waals surface area contributed by atoms with Crippen LogP contribution in [0.4, 0.5) is 0 Å². The Balaban J connectivity index is 2.12. The lowest BCUT2D eigenvalue weighted by Crippen LogP contribution is -2.52. The van der Waals surface area contributed by atoms with E-state index in [-0.39, 0.29) is 17.2 Å². The van der Waals surface area contributed by atoms with Crippen molar-refractivity contribution in [3.05, 3.63) is 0 Å². The maximum atomic E-state index is 12.1. The second kappa shape index (κ2) is 5.47. The zero-order chi connectivity index (χ0) is 12.5. The first-order chi connectivity index (χ1) is 8.04. The second-order valence-electron chi connectivity index (χ2n) is 4.95. The molecule has 17 heavy (non-hydrogen) atoms. The Morgan fingerprint density at radius 3 is 2.76 bits per heavy atom. The van der Waals surface area contributed by atoms with E-state index in [0.717, 1.165) is 37.3 Å². The van der Waals surface area contributed by atoms with Crippen LogP contribution in [0.1, 0.15) is 26.2 Å². The van der Waals surface area contributed by atoms with Gasteiger partial charge in [-0.2, -0.15) is 11.8 Å². The third-order valence-electron chi connectivity index (χ3n) is 3.86. The van der Waals surface area contributed by atoms with E-state index in [2.05, 4.69) is 4.90 Å². The van der Waals surface area contributed by atoms with Crippen LogP contribution in [0.3, 0.4) is 0 Å². The molecule has 0 amide bonds. The summed E-state index contributed by atoms with van der Waals surface area (Å²) in [5.41, 5.74) is 5.94. The van der Waals surface area contributed by atoms with Gasteiger partial charge in [0, 0.05) is 35.9 Å². The monoisotopic (exact) mass is 278 g/mol. The molecule has 0 spiro atoms. The van der Waals surface area contributed by atoms with Gasteiger partial charge in [-0.1, -0.05) is 6.92 Å². The van der Waals surface area contributed by atoms with Crippen molar-refractivity contribution in [1.82, 2.24) is 4.90 Å². The third-order valence-corrected chi connectivity index (χ3v) is 7.16. The van der Waals surface area contributed by atoms with Crippen LogP contribution in [0.2, 0.25) is 0 Å². The van der Waals surface area contributed by atoms with Gasteiger partial charge in [0.05, 0.1) is 0 Å². The van der Waals surface area contributed by atoms with Gasteiger partial charge in [-0.3, -0.25) is 4.90 Å². The number of thioether (sulfide) groups is 1. The number of nitrogens with zero attached hydrogens (tertiary/aromatic N) is 1. The van der Waals surface area contributed by atoms with Crippen molar-refractivity contribution in [2.45, 2.75) is 43.6 Å². The van der Waals surface area contributed by atoms with Gasteiger partial charge in [-0.25, -0.2) is 8.42 Å². The van der Waals surface area contributed by atoms with Crippen LogP contribution in [0.15, 0.2) is 0 Å². The van der Waals surface area contributed by atoms with Gasteiger partial charge in [0.15, 0.2) is 9.84 Å². The molecule has 2 fully saturated rings. The predicted molar refractivity (Wildman–Crippen MR) is 72.9 cm³/mol. The van der Waals surface area contributed by atoms with Crippen LogP contribution < -0.4 is 5.73 Å². The van der Waals surface area contributed by atoms with E-state index in [1.54, 1.807) is 18.7 Å². The zero-order valence-electron chi connectivity index (χ0n) is 10.3. The first kappa shape index (κ1) is 13.6. The van der Waals surface area contributed by atoms with E-state index in [1.165, 1.54) is 0 Å². The number of hydrogen-bond acceptors (Lipinski definition) is 5. The highest BCUT2D eigenvalue weighted by Gasteiger charge is 2.38. The molecule has 2 N–H and O–H groups in total. The van der Waals surface area contributed by atoms with E-state index in [4.69, 9.17) is 5.73 Å². The quantitative estimate of drug-likeness (QED) is 0.822. The minimum atomic E-state index is -2.96. The highest BCUT2D eigenvalue weighted by molar-refractivity contribution is 8.01. The minimum absolute atomic E-state index is 0.244. The predicted octanol–water partition coefficient (Wildman–Crippen LogP) is 0.676. The molecule has 0 aromatic rings. The maximum absolute atomic E-state index is 12.1. The molecule has 2 rings (SSSR count). The van der Waals surface area contributed by atoms with Crippen molar-refractivity contribution in [2.24, 2.45) is 5.73 Å². The largest absolute Gasteiger partial charge is 0.328 e. The summed E-state index contributed by atoms with van der Waals surface area (Å²) in [7, 11) is -2.96. The smallest absolute Gasteiger partial charge is 0.166 e. The van der Waals surface area contributed by atoms with Crippen molar-refractivity contribution < 1.29 is 8.42 Å². The Morgan fingerprint density at radius 1 is 1.41 bits per heavy atom. The fraction of sp³-hybridized carbons (Fsp3) is 1.00. The number of rotatable bonds is 3. The van der Waals surface area contributed by atoms with E-state index < -0.39 is 9.84 Å². The van der Waals surface area contributed by atoms with Crippen LogP contribution in [-0.2, 0) is 9.84 Å². The Hall–Kier alpha value is 0.220. The molecule has 1 heterocycles. The summed E-state index contributed by atoms with van der Waals surface area (Å²) in [5, 5.41) is -0.276. The van der Waals surface area contributed by atoms with Crippen molar-refractivity contribution >= 4 is 21.6 Å². The normalized spacial score (nSPS) is 36.2. The van der Waals surface area contributed by atoms with E-state index in [1.807, 2.05) is 0 Å². The molecule has 1 saturated heterocycles. The lowest BCUT2D eigenvalue weighted by atomic mass is 10.2. The van der Waals surface area contributed by atoms with Crippen LogP contribution in [0.5, 0.6) is 0 Å². The molecule has 1 aliphatic carbocycles. The van der Waals surface area contributed by atoms with Crippen molar-refractivity contribution in [3.8, 4) is 0 Å². The van der Waals surface area contributed by atoms with Gasteiger partial charge in [-0.15, -0.1) is 0 Å². The molecule has 0 radical (unpaired) electrons. The summed E-state index contributed by atoms with van der Waals surface area (Å²) < 4.78 is 24.2. The fourth-order valence-electron chi connectivity index (χ4n) is 2.81. The van der Waals surface area contributed by atoms with Gasteiger partial charge in [0.2, 0.25) is 0 Å². The molecule has 0 bridgehead atoms. The first-order valence-corrected chi connectivity index (χ1v) is 9.22. The Kier molecular flexibility index (Phi) is 4.39. The van der Waals surface area contributed by atoms with Gasteiger partial charge in [0.25, 0.3) is 0 Å². The summed E-state index contributed by atoms with van der Waals surface area (Å²) >= 11 is 1.76. The van der Waals surface area contributed by atoms with E-state index in [9.17, 15) is 8.42 Å². The number of sulfone groups is 1. The SMILES string of the molecule is CCS(=O)(=O)C1CSCCN1C1CCC(N)C1. The summed E-state index contributed by atoms with van der Waals surface area (Å²) in [4.78, 5) is 2.21. The molecule has 6 heteroatoms. The zero-order valence-corrected chi connectivity index (χ0v) is 12.0. The van der Waals surface area contributed by atoms with Crippen LogP contribution >= 0.6 is 11.8 Å². The van der Waals surface area contributed by atoms with Crippen LogP contribution in [0.25, 0.3) is 0 Å².